The molecule has 0 saturated carbocycles. The zero-order valence-electron chi connectivity index (χ0n) is 13.5. The molecule has 0 unspecified atom stereocenters. The molecule has 0 radical (unpaired) electrons. The number of hydrogen-bond acceptors (Lipinski definition) is 3. The second kappa shape index (κ2) is 9.55. The van der Waals surface area contributed by atoms with E-state index in [1.165, 1.54) is 30.3 Å². The number of ether oxygens (including phenoxy) is 1. The number of amides is 1. The van der Waals surface area contributed by atoms with Crippen LogP contribution in [-0.4, -0.2) is 12.5 Å². The number of carbonyl (C=O) groups excluding carboxylic acids is 1. The van der Waals surface area contributed by atoms with Gasteiger partial charge in [-0.2, -0.15) is 5.26 Å². The number of nitrogens with one attached hydrogen (secondary N) is 1. The van der Waals surface area contributed by atoms with E-state index in [0.29, 0.717) is 16.3 Å². The van der Waals surface area contributed by atoms with Gasteiger partial charge in [0.1, 0.15) is 18.2 Å². The molecule has 0 saturated heterocycles. The SMILES string of the molecule is C#CCOc1c(Cl)cc(/C=C(\C#N)C(=O)Nc2ccc(Cl)c(Cl)c2)cc1Cl. The number of nitriles is 1. The van der Waals surface area contributed by atoms with Crippen molar-refractivity contribution in [3.8, 4) is 24.2 Å². The Balaban J connectivity index is 2.27. The largest absolute Gasteiger partial charge is 0.478 e. The molecule has 0 bridgehead atoms. The van der Waals surface area contributed by atoms with Crippen LogP contribution >= 0.6 is 46.4 Å². The van der Waals surface area contributed by atoms with E-state index in [9.17, 15) is 10.1 Å². The van der Waals surface area contributed by atoms with Crippen LogP contribution in [0.25, 0.3) is 6.08 Å². The first kappa shape index (κ1) is 21.0. The Hall–Kier alpha value is -2.34. The highest BCUT2D eigenvalue weighted by molar-refractivity contribution is 6.42. The first-order chi connectivity index (χ1) is 12.8. The Morgan fingerprint density at radius 3 is 2.33 bits per heavy atom. The Morgan fingerprint density at radius 2 is 1.78 bits per heavy atom. The first-order valence-corrected chi connectivity index (χ1v) is 8.80. The molecule has 0 aliphatic heterocycles. The number of nitrogens with zero attached hydrogens (tertiary/aromatic N) is 1. The topological polar surface area (TPSA) is 62.1 Å². The third-order valence-electron chi connectivity index (χ3n) is 3.17. The van der Waals surface area contributed by atoms with Crippen LogP contribution in [0.3, 0.4) is 0 Å². The van der Waals surface area contributed by atoms with Gasteiger partial charge in [-0.15, -0.1) is 6.42 Å². The maximum atomic E-state index is 12.3. The van der Waals surface area contributed by atoms with Gasteiger partial charge in [0.05, 0.1) is 20.1 Å². The minimum atomic E-state index is -0.629. The molecule has 4 nitrogen and oxygen atoms in total. The zero-order chi connectivity index (χ0) is 20.0. The predicted molar refractivity (Wildman–Crippen MR) is 109 cm³/mol. The van der Waals surface area contributed by atoms with E-state index in [0.717, 1.165) is 0 Å². The standard InChI is InChI=1S/C19H10Cl4N2O2/c1-2-5-27-18-16(22)7-11(8-17(18)23)6-12(10-24)19(26)25-13-3-4-14(20)15(21)9-13/h1,3-4,6-9H,5H2,(H,25,26)/b12-6+. The molecule has 2 aromatic rings. The fraction of sp³-hybridized carbons (Fsp3) is 0.0526. The normalized spacial score (nSPS) is 10.7. The fourth-order valence-corrected chi connectivity index (χ4v) is 2.91. The van der Waals surface area contributed by atoms with Crippen LogP contribution in [0.1, 0.15) is 5.56 Å². The van der Waals surface area contributed by atoms with E-state index in [4.69, 9.17) is 57.6 Å². The van der Waals surface area contributed by atoms with Gasteiger partial charge in [-0.3, -0.25) is 4.79 Å². The highest BCUT2D eigenvalue weighted by atomic mass is 35.5. The Kier molecular flexibility index (Phi) is 7.42. The summed E-state index contributed by atoms with van der Waals surface area (Å²) in [5, 5.41) is 12.9. The van der Waals surface area contributed by atoms with Crippen LogP contribution in [0.15, 0.2) is 35.9 Å². The smallest absolute Gasteiger partial charge is 0.266 e. The van der Waals surface area contributed by atoms with Crippen molar-refractivity contribution in [3.63, 3.8) is 0 Å². The van der Waals surface area contributed by atoms with Crippen molar-refractivity contribution in [1.29, 1.82) is 5.26 Å². The molecule has 136 valence electrons. The Labute approximate surface area is 176 Å². The lowest BCUT2D eigenvalue weighted by molar-refractivity contribution is -0.112. The highest BCUT2D eigenvalue weighted by Gasteiger charge is 2.13. The number of benzene rings is 2. The Morgan fingerprint density at radius 1 is 1.11 bits per heavy atom. The third kappa shape index (κ3) is 5.57. The molecule has 8 heteroatoms. The number of carbonyl (C=O) groups is 1. The Bertz CT molecular complexity index is 981. The highest BCUT2D eigenvalue weighted by Crippen LogP contribution is 2.35. The van der Waals surface area contributed by atoms with Gasteiger partial charge in [0.2, 0.25) is 0 Å². The molecule has 1 amide bonds. The number of halogens is 4. The van der Waals surface area contributed by atoms with E-state index in [1.54, 1.807) is 6.07 Å². The second-order valence-electron chi connectivity index (χ2n) is 5.06. The zero-order valence-corrected chi connectivity index (χ0v) is 16.5. The first-order valence-electron chi connectivity index (χ1n) is 7.29. The van der Waals surface area contributed by atoms with Gasteiger partial charge in [0.25, 0.3) is 5.91 Å². The number of terminal acetylenes is 1. The van der Waals surface area contributed by atoms with Gasteiger partial charge in [0.15, 0.2) is 5.75 Å². The van der Waals surface area contributed by atoms with Crippen molar-refractivity contribution in [3.05, 3.63) is 61.6 Å². The van der Waals surface area contributed by atoms with E-state index in [1.807, 2.05) is 6.07 Å². The number of anilines is 1. The van der Waals surface area contributed by atoms with E-state index in [-0.39, 0.29) is 33.0 Å². The van der Waals surface area contributed by atoms with Gasteiger partial charge >= 0.3 is 0 Å². The third-order valence-corrected chi connectivity index (χ3v) is 4.47. The van der Waals surface area contributed by atoms with Crippen molar-refractivity contribution >= 4 is 64.1 Å². The summed E-state index contributed by atoms with van der Waals surface area (Å²) in [7, 11) is 0. The van der Waals surface area contributed by atoms with Crippen LogP contribution in [0.2, 0.25) is 20.1 Å². The maximum absolute atomic E-state index is 12.3. The summed E-state index contributed by atoms with van der Waals surface area (Å²) in [5.74, 6) is 1.91. The molecule has 0 atom stereocenters. The predicted octanol–water partition coefficient (Wildman–Crippen LogP) is 5.86. The van der Waals surface area contributed by atoms with Gasteiger partial charge in [-0.1, -0.05) is 52.3 Å². The molecule has 2 aromatic carbocycles. The van der Waals surface area contributed by atoms with Crippen LogP contribution in [-0.2, 0) is 4.79 Å². The summed E-state index contributed by atoms with van der Waals surface area (Å²) < 4.78 is 5.26. The second-order valence-corrected chi connectivity index (χ2v) is 6.69. The summed E-state index contributed by atoms with van der Waals surface area (Å²) in [6, 6.07) is 9.40. The molecule has 2 rings (SSSR count). The quantitative estimate of drug-likeness (QED) is 0.360. The molecule has 0 heterocycles. The molecule has 1 N–H and O–H groups in total. The number of rotatable bonds is 5. The summed E-state index contributed by atoms with van der Waals surface area (Å²) >= 11 is 24.0. The molecule has 0 aliphatic carbocycles. The lowest BCUT2D eigenvalue weighted by Gasteiger charge is -2.09. The van der Waals surface area contributed by atoms with Crippen molar-refractivity contribution < 1.29 is 9.53 Å². The van der Waals surface area contributed by atoms with Crippen LogP contribution < -0.4 is 10.1 Å². The summed E-state index contributed by atoms with van der Waals surface area (Å²) in [4.78, 5) is 12.3. The number of hydrogen-bond donors (Lipinski definition) is 1. The fourth-order valence-electron chi connectivity index (χ4n) is 2.00. The average molecular weight is 440 g/mol. The van der Waals surface area contributed by atoms with E-state index >= 15 is 0 Å². The van der Waals surface area contributed by atoms with E-state index < -0.39 is 5.91 Å². The van der Waals surface area contributed by atoms with Crippen molar-refractivity contribution in [2.45, 2.75) is 0 Å². The molecule has 27 heavy (non-hydrogen) atoms. The molecule has 0 spiro atoms. The van der Waals surface area contributed by atoms with Gasteiger partial charge in [-0.05, 0) is 42.0 Å². The van der Waals surface area contributed by atoms with Gasteiger partial charge in [0, 0.05) is 5.69 Å². The molecule has 0 aromatic heterocycles. The van der Waals surface area contributed by atoms with Crippen LogP contribution in [0, 0.1) is 23.7 Å². The van der Waals surface area contributed by atoms with Crippen molar-refractivity contribution in [2.24, 2.45) is 0 Å². The summed E-state index contributed by atoms with van der Waals surface area (Å²) in [6.07, 6.45) is 6.48. The summed E-state index contributed by atoms with van der Waals surface area (Å²) in [5.41, 5.74) is 0.675. The molecular formula is C19H10Cl4N2O2. The molecule has 0 aliphatic rings. The average Bonchev–Trinajstić information content (AvgIpc) is 2.62. The van der Waals surface area contributed by atoms with Gasteiger partial charge < -0.3 is 10.1 Å². The van der Waals surface area contributed by atoms with Gasteiger partial charge in [-0.25, -0.2) is 0 Å². The maximum Gasteiger partial charge on any atom is 0.266 e. The summed E-state index contributed by atoms with van der Waals surface area (Å²) in [6.45, 7) is 0.00410. The van der Waals surface area contributed by atoms with Crippen LogP contribution in [0.4, 0.5) is 5.69 Å². The van der Waals surface area contributed by atoms with Crippen molar-refractivity contribution in [2.75, 3.05) is 11.9 Å². The van der Waals surface area contributed by atoms with Crippen LogP contribution in [0.5, 0.6) is 5.75 Å². The lowest BCUT2D eigenvalue weighted by Crippen LogP contribution is -2.13. The molecular weight excluding hydrogens is 430 g/mol. The minimum Gasteiger partial charge on any atom is -0.478 e. The minimum absolute atomic E-state index is 0.00410. The molecule has 0 fully saturated rings. The van der Waals surface area contributed by atoms with Crippen molar-refractivity contribution in [1.82, 2.24) is 0 Å². The monoisotopic (exact) mass is 438 g/mol. The van der Waals surface area contributed by atoms with E-state index in [2.05, 4.69) is 11.2 Å². The lowest BCUT2D eigenvalue weighted by atomic mass is 10.1.